The largest absolute Gasteiger partial charge is 0.483 e. The highest BCUT2D eigenvalue weighted by atomic mass is 32.1. The highest BCUT2D eigenvalue weighted by Gasteiger charge is 2.30. The lowest BCUT2D eigenvalue weighted by Gasteiger charge is -2.21. The van der Waals surface area contributed by atoms with Crippen LogP contribution in [0.4, 0.5) is 13.2 Å². The maximum atomic E-state index is 12.5. The Morgan fingerprint density at radius 2 is 1.71 bits per heavy atom. The van der Waals surface area contributed by atoms with E-state index in [1.54, 1.807) is 11.3 Å². The van der Waals surface area contributed by atoms with Crippen LogP contribution in [0.1, 0.15) is 28.3 Å². The van der Waals surface area contributed by atoms with Gasteiger partial charge in [0, 0.05) is 15.8 Å². The molecule has 2 aromatic rings. The van der Waals surface area contributed by atoms with Gasteiger partial charge in [-0.2, -0.15) is 13.2 Å². The number of alkyl halides is 3. The number of thiophene rings is 1. The first-order chi connectivity index (χ1) is 9.77. The van der Waals surface area contributed by atoms with Gasteiger partial charge in [-0.3, -0.25) is 0 Å². The van der Waals surface area contributed by atoms with E-state index in [9.17, 15) is 13.2 Å². The first-order valence-corrected chi connectivity index (χ1v) is 7.25. The second-order valence-electron chi connectivity index (χ2n) is 4.87. The molecule has 0 saturated heterocycles. The SMILES string of the molecule is Cc1ccc(C(Oc2ccc(C(F)(F)F)cc2)C(C)N)s1. The fourth-order valence-corrected chi connectivity index (χ4v) is 2.92. The second-order valence-corrected chi connectivity index (χ2v) is 6.19. The summed E-state index contributed by atoms with van der Waals surface area (Å²) in [7, 11) is 0. The molecular formula is C15H16F3NOS. The molecule has 1 aromatic carbocycles. The monoisotopic (exact) mass is 315 g/mol. The number of hydrogen-bond acceptors (Lipinski definition) is 3. The summed E-state index contributed by atoms with van der Waals surface area (Å²) in [5, 5.41) is 0. The molecule has 1 heterocycles. The lowest BCUT2D eigenvalue weighted by atomic mass is 10.1. The van der Waals surface area contributed by atoms with Crippen LogP contribution in [-0.2, 0) is 6.18 Å². The number of rotatable bonds is 4. The first-order valence-electron chi connectivity index (χ1n) is 6.43. The Labute approximate surface area is 125 Å². The van der Waals surface area contributed by atoms with Gasteiger partial charge in [0.15, 0.2) is 0 Å². The van der Waals surface area contributed by atoms with Crippen molar-refractivity contribution in [3.8, 4) is 5.75 Å². The van der Waals surface area contributed by atoms with Gasteiger partial charge in [0.2, 0.25) is 0 Å². The third kappa shape index (κ3) is 3.98. The highest BCUT2D eigenvalue weighted by molar-refractivity contribution is 7.12. The Balaban J connectivity index is 2.18. The average molecular weight is 315 g/mol. The number of benzene rings is 1. The van der Waals surface area contributed by atoms with Crippen LogP contribution in [0, 0.1) is 6.92 Å². The molecule has 0 bridgehead atoms. The van der Waals surface area contributed by atoms with Crippen molar-refractivity contribution in [3.05, 3.63) is 51.7 Å². The Bertz CT molecular complexity index is 590. The van der Waals surface area contributed by atoms with Gasteiger partial charge < -0.3 is 10.5 Å². The van der Waals surface area contributed by atoms with E-state index >= 15 is 0 Å². The minimum absolute atomic E-state index is 0.273. The van der Waals surface area contributed by atoms with Crippen LogP contribution in [0.2, 0.25) is 0 Å². The molecule has 0 spiro atoms. The van der Waals surface area contributed by atoms with Crippen LogP contribution in [0.15, 0.2) is 36.4 Å². The van der Waals surface area contributed by atoms with E-state index in [-0.39, 0.29) is 12.1 Å². The van der Waals surface area contributed by atoms with E-state index < -0.39 is 11.7 Å². The fraction of sp³-hybridized carbons (Fsp3) is 0.333. The summed E-state index contributed by atoms with van der Waals surface area (Å²) in [4.78, 5) is 2.09. The normalized spacial score (nSPS) is 14.8. The van der Waals surface area contributed by atoms with E-state index in [0.717, 1.165) is 21.9 Å². The first kappa shape index (κ1) is 15.9. The highest BCUT2D eigenvalue weighted by Crippen LogP contribution is 2.33. The quantitative estimate of drug-likeness (QED) is 0.899. The van der Waals surface area contributed by atoms with Gasteiger partial charge in [0.25, 0.3) is 0 Å². The number of hydrogen-bond donors (Lipinski definition) is 1. The van der Waals surface area contributed by atoms with Gasteiger partial charge in [-0.05, 0) is 50.2 Å². The van der Waals surface area contributed by atoms with E-state index in [1.165, 1.54) is 12.1 Å². The van der Waals surface area contributed by atoms with Crippen LogP contribution >= 0.6 is 11.3 Å². The lowest BCUT2D eigenvalue weighted by molar-refractivity contribution is -0.137. The van der Waals surface area contributed by atoms with Crippen LogP contribution < -0.4 is 10.5 Å². The van der Waals surface area contributed by atoms with Crippen LogP contribution in [-0.4, -0.2) is 6.04 Å². The average Bonchev–Trinajstić information content (AvgIpc) is 2.81. The molecule has 0 fully saturated rings. The molecule has 0 radical (unpaired) electrons. The van der Waals surface area contributed by atoms with Gasteiger partial charge in [-0.25, -0.2) is 0 Å². The number of nitrogens with two attached hydrogens (primary N) is 1. The van der Waals surface area contributed by atoms with Crippen molar-refractivity contribution in [1.29, 1.82) is 0 Å². The van der Waals surface area contributed by atoms with Crippen molar-refractivity contribution in [2.75, 3.05) is 0 Å². The predicted molar refractivity (Wildman–Crippen MR) is 77.5 cm³/mol. The van der Waals surface area contributed by atoms with Crippen LogP contribution in [0.3, 0.4) is 0 Å². The van der Waals surface area contributed by atoms with E-state index in [2.05, 4.69) is 0 Å². The van der Waals surface area contributed by atoms with Gasteiger partial charge in [0.05, 0.1) is 5.56 Å². The molecule has 21 heavy (non-hydrogen) atoms. The zero-order chi connectivity index (χ0) is 15.6. The molecule has 1 aromatic heterocycles. The molecule has 2 atom stereocenters. The smallest absolute Gasteiger partial charge is 0.416 e. The van der Waals surface area contributed by atoms with Gasteiger partial charge in [0.1, 0.15) is 11.9 Å². The maximum Gasteiger partial charge on any atom is 0.416 e. The van der Waals surface area contributed by atoms with Gasteiger partial charge >= 0.3 is 6.18 Å². The molecule has 0 aliphatic carbocycles. The van der Waals surface area contributed by atoms with E-state index in [0.29, 0.717) is 5.75 Å². The maximum absolute atomic E-state index is 12.5. The minimum atomic E-state index is -4.34. The summed E-state index contributed by atoms with van der Waals surface area (Å²) in [6.45, 7) is 3.79. The molecule has 0 aliphatic heterocycles. The summed E-state index contributed by atoms with van der Waals surface area (Å²) in [5.41, 5.74) is 5.23. The second kappa shape index (κ2) is 6.07. The third-order valence-electron chi connectivity index (χ3n) is 2.96. The summed E-state index contributed by atoms with van der Waals surface area (Å²) >= 11 is 1.57. The minimum Gasteiger partial charge on any atom is -0.483 e. The molecule has 2 N–H and O–H groups in total. The fourth-order valence-electron chi connectivity index (χ4n) is 1.90. The molecular weight excluding hydrogens is 299 g/mol. The summed E-state index contributed by atoms with van der Waals surface area (Å²) in [6, 6.07) is 8.27. The Morgan fingerprint density at radius 1 is 1.10 bits per heavy atom. The summed E-state index contributed by atoms with van der Waals surface area (Å²) in [6.07, 6.45) is -4.72. The molecule has 114 valence electrons. The molecule has 0 amide bonds. The zero-order valence-corrected chi connectivity index (χ0v) is 12.5. The number of halogens is 3. The summed E-state index contributed by atoms with van der Waals surface area (Å²) < 4.78 is 43.3. The van der Waals surface area contributed by atoms with Gasteiger partial charge in [-0.15, -0.1) is 11.3 Å². The van der Waals surface area contributed by atoms with Crippen molar-refractivity contribution in [1.82, 2.24) is 0 Å². The van der Waals surface area contributed by atoms with Crippen molar-refractivity contribution in [2.45, 2.75) is 32.2 Å². The van der Waals surface area contributed by atoms with Crippen molar-refractivity contribution in [3.63, 3.8) is 0 Å². The lowest BCUT2D eigenvalue weighted by Crippen LogP contribution is -2.28. The van der Waals surface area contributed by atoms with Gasteiger partial charge in [-0.1, -0.05) is 0 Å². The van der Waals surface area contributed by atoms with E-state index in [4.69, 9.17) is 10.5 Å². The van der Waals surface area contributed by atoms with E-state index in [1.807, 2.05) is 26.0 Å². The van der Waals surface area contributed by atoms with Crippen LogP contribution in [0.25, 0.3) is 0 Å². The Kier molecular flexibility index (Phi) is 4.58. The van der Waals surface area contributed by atoms with Crippen molar-refractivity contribution < 1.29 is 17.9 Å². The molecule has 2 unspecified atom stereocenters. The zero-order valence-electron chi connectivity index (χ0n) is 11.6. The third-order valence-corrected chi connectivity index (χ3v) is 4.03. The molecule has 0 saturated carbocycles. The molecule has 2 rings (SSSR count). The number of aryl methyl sites for hydroxylation is 1. The van der Waals surface area contributed by atoms with Crippen molar-refractivity contribution >= 4 is 11.3 Å². The predicted octanol–water partition coefficient (Wildman–Crippen LogP) is 4.54. The molecule has 2 nitrogen and oxygen atoms in total. The molecule has 6 heteroatoms. The Morgan fingerprint density at radius 3 is 2.14 bits per heavy atom. The van der Waals surface area contributed by atoms with Crippen molar-refractivity contribution in [2.24, 2.45) is 5.73 Å². The summed E-state index contributed by atoms with van der Waals surface area (Å²) in [5.74, 6) is 0.372. The number of ether oxygens (including phenoxy) is 1. The van der Waals surface area contributed by atoms with Crippen LogP contribution in [0.5, 0.6) is 5.75 Å². The Hall–Kier alpha value is -1.53. The topological polar surface area (TPSA) is 35.2 Å². The molecule has 0 aliphatic rings. The standard InChI is InChI=1S/C15H16F3NOS/c1-9-3-8-13(21-9)14(10(2)19)20-12-6-4-11(5-7-12)15(16,17)18/h3-8,10,14H,19H2,1-2H3.